The molecule has 0 bridgehead atoms. The molecule has 0 saturated heterocycles. The topological polar surface area (TPSA) is 86.8 Å². The number of nitrogens with one attached hydrogen (secondary N) is 1. The van der Waals surface area contributed by atoms with Crippen LogP contribution >= 0.6 is 11.6 Å². The van der Waals surface area contributed by atoms with Gasteiger partial charge in [0, 0.05) is 12.6 Å². The van der Waals surface area contributed by atoms with Crippen molar-refractivity contribution < 1.29 is 18.0 Å². The van der Waals surface area contributed by atoms with Crippen molar-refractivity contribution in [3.63, 3.8) is 0 Å². The Morgan fingerprint density at radius 2 is 1.62 bits per heavy atom. The Morgan fingerprint density at radius 3 is 2.19 bits per heavy atom. The minimum atomic E-state index is -3.81. The number of hydrogen-bond donors (Lipinski definition) is 1. The second-order valence-electron chi connectivity index (χ2n) is 7.72. The second-order valence-corrected chi connectivity index (χ2v) is 10.0. The van der Waals surface area contributed by atoms with Crippen LogP contribution in [0, 0.1) is 0 Å². The summed E-state index contributed by atoms with van der Waals surface area (Å²) in [6.07, 6.45) is 1.77. The predicted octanol–water partition coefficient (Wildman–Crippen LogP) is 3.44. The Bertz CT molecular complexity index is 1030. The Balaban J connectivity index is 2.37. The molecule has 0 radical (unpaired) electrons. The lowest BCUT2D eigenvalue weighted by Crippen LogP contribution is -2.52. The van der Waals surface area contributed by atoms with Gasteiger partial charge in [0.25, 0.3) is 0 Å². The highest BCUT2D eigenvalue weighted by molar-refractivity contribution is 7.92. The lowest BCUT2D eigenvalue weighted by molar-refractivity contribution is -0.139. The highest BCUT2D eigenvalue weighted by Gasteiger charge is 2.31. The maximum atomic E-state index is 13.4. The van der Waals surface area contributed by atoms with E-state index in [2.05, 4.69) is 5.32 Å². The fourth-order valence-electron chi connectivity index (χ4n) is 3.08. The highest BCUT2D eigenvalue weighted by atomic mass is 35.5. The summed E-state index contributed by atoms with van der Waals surface area (Å²) in [5.74, 6) is -0.807. The zero-order chi connectivity index (χ0) is 23.9. The third kappa shape index (κ3) is 6.97. The van der Waals surface area contributed by atoms with Crippen LogP contribution in [0.3, 0.4) is 0 Å². The van der Waals surface area contributed by atoms with E-state index in [0.717, 1.165) is 22.5 Å². The van der Waals surface area contributed by atoms with Gasteiger partial charge in [-0.05, 0) is 38.0 Å². The first-order valence-electron chi connectivity index (χ1n) is 10.4. The normalized spacial score (nSPS) is 13.2. The minimum absolute atomic E-state index is 0.0470. The van der Waals surface area contributed by atoms with E-state index in [1.54, 1.807) is 25.1 Å². The molecule has 1 N–H and O–H groups in total. The number of sulfonamides is 1. The summed E-state index contributed by atoms with van der Waals surface area (Å²) in [6, 6.07) is 14.8. The quantitative estimate of drug-likeness (QED) is 0.565. The molecule has 9 heteroatoms. The number of para-hydroxylation sites is 1. The van der Waals surface area contributed by atoms with E-state index in [0.29, 0.717) is 0 Å². The molecule has 0 aromatic heterocycles. The molecule has 2 amide bonds. The van der Waals surface area contributed by atoms with E-state index in [1.165, 1.54) is 11.0 Å². The maximum Gasteiger partial charge on any atom is 0.244 e. The van der Waals surface area contributed by atoms with Gasteiger partial charge in [-0.1, -0.05) is 61.0 Å². The van der Waals surface area contributed by atoms with Crippen LogP contribution in [0.25, 0.3) is 0 Å². The van der Waals surface area contributed by atoms with Crippen molar-refractivity contribution in [2.75, 3.05) is 17.1 Å². The van der Waals surface area contributed by atoms with Crippen LogP contribution in [0.1, 0.15) is 32.8 Å². The van der Waals surface area contributed by atoms with Gasteiger partial charge in [0.1, 0.15) is 12.6 Å². The first-order chi connectivity index (χ1) is 15.0. The van der Waals surface area contributed by atoms with Crippen LogP contribution in [0.5, 0.6) is 0 Å². The van der Waals surface area contributed by atoms with Gasteiger partial charge < -0.3 is 10.2 Å². The molecular formula is C23H30ClN3O4S. The highest BCUT2D eigenvalue weighted by Crippen LogP contribution is 2.27. The number of carbonyl (C=O) groups is 2. The van der Waals surface area contributed by atoms with Gasteiger partial charge in [0.05, 0.1) is 17.0 Å². The molecule has 2 aromatic rings. The molecule has 0 aliphatic rings. The largest absolute Gasteiger partial charge is 0.352 e. The molecule has 0 aliphatic heterocycles. The van der Waals surface area contributed by atoms with Crippen molar-refractivity contribution >= 4 is 39.1 Å². The number of amides is 2. The van der Waals surface area contributed by atoms with Crippen LogP contribution in [0.4, 0.5) is 5.69 Å². The number of halogens is 1. The van der Waals surface area contributed by atoms with Crippen molar-refractivity contribution in [1.29, 1.82) is 0 Å². The monoisotopic (exact) mass is 479 g/mol. The molecule has 0 saturated carbocycles. The Hall–Kier alpha value is -2.58. The Morgan fingerprint density at radius 1 is 1.03 bits per heavy atom. The minimum Gasteiger partial charge on any atom is -0.352 e. The molecule has 174 valence electrons. The van der Waals surface area contributed by atoms with E-state index >= 15 is 0 Å². The summed E-state index contributed by atoms with van der Waals surface area (Å²) < 4.78 is 26.0. The molecule has 7 nitrogen and oxygen atoms in total. The van der Waals surface area contributed by atoms with Crippen molar-refractivity contribution in [3.05, 3.63) is 65.2 Å². The van der Waals surface area contributed by atoms with E-state index in [9.17, 15) is 18.0 Å². The molecule has 2 atom stereocenters. The van der Waals surface area contributed by atoms with E-state index in [4.69, 9.17) is 11.6 Å². The lowest BCUT2D eigenvalue weighted by atomic mass is 10.1. The van der Waals surface area contributed by atoms with Gasteiger partial charge in [-0.2, -0.15) is 0 Å². The van der Waals surface area contributed by atoms with Gasteiger partial charge in [0.15, 0.2) is 0 Å². The molecule has 32 heavy (non-hydrogen) atoms. The second kappa shape index (κ2) is 11.3. The number of benzene rings is 2. The maximum absolute atomic E-state index is 13.4. The smallest absolute Gasteiger partial charge is 0.244 e. The Labute approximate surface area is 195 Å². The zero-order valence-corrected chi connectivity index (χ0v) is 20.4. The predicted molar refractivity (Wildman–Crippen MR) is 128 cm³/mol. The van der Waals surface area contributed by atoms with Crippen LogP contribution in [0.2, 0.25) is 5.02 Å². The van der Waals surface area contributed by atoms with E-state index in [1.807, 2.05) is 44.2 Å². The molecule has 2 rings (SSSR count). The summed E-state index contributed by atoms with van der Waals surface area (Å²) in [6.45, 7) is 5.16. The third-order valence-electron chi connectivity index (χ3n) is 5.16. The van der Waals surface area contributed by atoms with Crippen LogP contribution in [-0.4, -0.2) is 50.0 Å². The molecule has 0 heterocycles. The van der Waals surface area contributed by atoms with Crippen LogP contribution in [-0.2, 0) is 26.2 Å². The van der Waals surface area contributed by atoms with Crippen molar-refractivity contribution in [2.24, 2.45) is 0 Å². The molecular weight excluding hydrogens is 450 g/mol. The number of nitrogens with zero attached hydrogens (tertiary/aromatic N) is 2. The van der Waals surface area contributed by atoms with Gasteiger partial charge in [-0.15, -0.1) is 0 Å². The van der Waals surface area contributed by atoms with Crippen molar-refractivity contribution in [1.82, 2.24) is 10.2 Å². The summed E-state index contributed by atoms with van der Waals surface area (Å²) in [7, 11) is -3.81. The number of hydrogen-bond acceptors (Lipinski definition) is 4. The zero-order valence-electron chi connectivity index (χ0n) is 18.8. The molecule has 0 unspecified atom stereocenters. The van der Waals surface area contributed by atoms with Gasteiger partial charge in [0.2, 0.25) is 21.8 Å². The fourth-order valence-corrected chi connectivity index (χ4v) is 4.23. The average Bonchev–Trinajstić information content (AvgIpc) is 2.75. The lowest BCUT2D eigenvalue weighted by Gasteiger charge is -2.32. The van der Waals surface area contributed by atoms with Gasteiger partial charge >= 0.3 is 0 Å². The number of anilines is 1. The average molecular weight is 480 g/mol. The van der Waals surface area contributed by atoms with E-state index < -0.39 is 28.5 Å². The number of rotatable bonds is 10. The van der Waals surface area contributed by atoms with Crippen LogP contribution in [0.15, 0.2) is 54.6 Å². The van der Waals surface area contributed by atoms with Gasteiger partial charge in [-0.25, -0.2) is 8.42 Å². The molecule has 0 fully saturated rings. The standard InChI is InChI=1S/C23H30ClN3O4S/c1-5-17(2)25-23(29)18(3)26(15-19-11-7-6-8-12-19)22(28)16-27(32(4,30)31)21-14-10-9-13-20(21)24/h6-14,17-18H,5,15-16H2,1-4H3,(H,25,29)/t17-,18+/m0/s1. The molecule has 0 spiro atoms. The first-order valence-corrected chi connectivity index (χ1v) is 12.6. The SMILES string of the molecule is CC[C@H](C)NC(=O)[C@@H](C)N(Cc1ccccc1)C(=O)CN(c1ccccc1Cl)S(C)(=O)=O. The van der Waals surface area contributed by atoms with Crippen molar-refractivity contribution in [3.8, 4) is 0 Å². The van der Waals surface area contributed by atoms with E-state index in [-0.39, 0.29) is 29.2 Å². The number of carbonyl (C=O) groups excluding carboxylic acids is 2. The summed E-state index contributed by atoms with van der Waals surface area (Å²) in [5, 5.41) is 3.10. The third-order valence-corrected chi connectivity index (χ3v) is 6.61. The fraction of sp³-hybridized carbons (Fsp3) is 0.391. The summed E-state index contributed by atoms with van der Waals surface area (Å²) in [4.78, 5) is 27.6. The molecule has 2 aromatic carbocycles. The van der Waals surface area contributed by atoms with Crippen molar-refractivity contribution in [2.45, 2.75) is 45.8 Å². The summed E-state index contributed by atoms with van der Waals surface area (Å²) in [5.41, 5.74) is 1.04. The Kier molecular flexibility index (Phi) is 9.09. The van der Waals surface area contributed by atoms with Crippen LogP contribution < -0.4 is 9.62 Å². The molecule has 0 aliphatic carbocycles. The first kappa shape index (κ1) is 25.7. The summed E-state index contributed by atoms with van der Waals surface area (Å²) >= 11 is 6.21. The van der Waals surface area contributed by atoms with Gasteiger partial charge in [-0.3, -0.25) is 13.9 Å².